The fraction of sp³-hybridized carbons (Fsp3) is 0.417. The molecule has 3 rings (SSSR count). The van der Waals surface area contributed by atoms with Crippen LogP contribution in [0.2, 0.25) is 0 Å². The van der Waals surface area contributed by atoms with Crippen molar-refractivity contribution in [1.29, 1.82) is 0 Å². The number of amides is 2. The Kier molecular flexibility index (Phi) is 7.49. The Balaban J connectivity index is 1.65. The summed E-state index contributed by atoms with van der Waals surface area (Å²) in [6, 6.07) is 14.1. The maximum absolute atomic E-state index is 13.0. The van der Waals surface area contributed by atoms with Gasteiger partial charge in [0.2, 0.25) is 5.91 Å². The summed E-state index contributed by atoms with van der Waals surface area (Å²) in [6.45, 7) is 4.75. The van der Waals surface area contributed by atoms with Gasteiger partial charge in [-0.15, -0.1) is 0 Å². The molecule has 6 nitrogen and oxygen atoms in total. The molecule has 0 saturated carbocycles. The van der Waals surface area contributed by atoms with Crippen molar-refractivity contribution in [3.8, 4) is 0 Å². The number of anilines is 1. The van der Waals surface area contributed by atoms with Crippen LogP contribution in [0.4, 0.5) is 5.69 Å². The van der Waals surface area contributed by atoms with Crippen LogP contribution >= 0.6 is 0 Å². The molecule has 0 spiro atoms. The first-order valence-electron chi connectivity index (χ1n) is 10.7. The van der Waals surface area contributed by atoms with E-state index in [4.69, 9.17) is 0 Å². The fourth-order valence-electron chi connectivity index (χ4n) is 3.99. The molecule has 7 heteroatoms. The van der Waals surface area contributed by atoms with E-state index in [-0.39, 0.29) is 17.7 Å². The summed E-state index contributed by atoms with van der Waals surface area (Å²) in [4.78, 5) is 27.1. The number of aryl methyl sites for hydroxylation is 1. The van der Waals surface area contributed by atoms with Crippen molar-refractivity contribution in [2.24, 2.45) is 0 Å². The van der Waals surface area contributed by atoms with Crippen LogP contribution in [0, 0.1) is 6.92 Å². The monoisotopic (exact) mass is 442 g/mol. The predicted molar refractivity (Wildman–Crippen MR) is 123 cm³/mol. The third kappa shape index (κ3) is 6.40. The van der Waals surface area contributed by atoms with Crippen molar-refractivity contribution in [1.82, 2.24) is 4.90 Å². The van der Waals surface area contributed by atoms with Crippen LogP contribution in [-0.4, -0.2) is 43.5 Å². The van der Waals surface area contributed by atoms with Crippen molar-refractivity contribution < 1.29 is 18.0 Å². The summed E-state index contributed by atoms with van der Waals surface area (Å²) in [6.07, 6.45) is 4.04. The molecular weight excluding hydrogens is 412 g/mol. The van der Waals surface area contributed by atoms with Gasteiger partial charge < -0.3 is 10.2 Å². The second kappa shape index (κ2) is 10.1. The van der Waals surface area contributed by atoms with E-state index in [2.05, 4.69) is 12.2 Å². The Labute approximate surface area is 184 Å². The van der Waals surface area contributed by atoms with Crippen LogP contribution in [0.1, 0.15) is 54.1 Å². The van der Waals surface area contributed by atoms with Gasteiger partial charge in [-0.25, -0.2) is 8.42 Å². The zero-order chi connectivity index (χ0) is 22.4. The first-order valence-corrected chi connectivity index (χ1v) is 12.6. The molecule has 31 heavy (non-hydrogen) atoms. The lowest BCUT2D eigenvalue weighted by molar-refractivity contribution is -0.113. The molecule has 1 aliphatic heterocycles. The van der Waals surface area contributed by atoms with Crippen molar-refractivity contribution in [3.05, 3.63) is 65.2 Å². The Bertz CT molecular complexity index is 1030. The van der Waals surface area contributed by atoms with Gasteiger partial charge in [0.25, 0.3) is 5.91 Å². The van der Waals surface area contributed by atoms with Crippen LogP contribution in [0.5, 0.6) is 0 Å². The molecule has 2 aromatic rings. The van der Waals surface area contributed by atoms with Crippen LogP contribution < -0.4 is 5.32 Å². The van der Waals surface area contributed by atoms with E-state index >= 15 is 0 Å². The van der Waals surface area contributed by atoms with E-state index in [1.54, 1.807) is 36.4 Å². The van der Waals surface area contributed by atoms with Crippen LogP contribution in [0.15, 0.2) is 48.5 Å². The number of likely N-dealkylation sites (tertiary alicyclic amines) is 1. The third-order valence-electron chi connectivity index (χ3n) is 5.61. The highest BCUT2D eigenvalue weighted by molar-refractivity contribution is 7.91. The number of rotatable bonds is 7. The van der Waals surface area contributed by atoms with E-state index in [1.807, 2.05) is 24.0 Å². The summed E-state index contributed by atoms with van der Waals surface area (Å²) in [5.74, 6) is -1.52. The molecule has 1 N–H and O–H groups in total. The minimum absolute atomic E-state index is 0.0529. The normalized spacial score (nSPS) is 16.7. The van der Waals surface area contributed by atoms with E-state index < -0.39 is 21.5 Å². The highest BCUT2D eigenvalue weighted by Gasteiger charge is 2.26. The van der Waals surface area contributed by atoms with Gasteiger partial charge in [-0.1, -0.05) is 36.8 Å². The SMILES string of the molecule is CCC1CCCCN1C(=O)c1cccc(CS(=O)(=O)CC(=O)Nc2ccc(C)cc2)c1. The average Bonchev–Trinajstić information content (AvgIpc) is 2.74. The number of sulfone groups is 1. The number of nitrogens with one attached hydrogen (secondary N) is 1. The smallest absolute Gasteiger partial charge is 0.254 e. The van der Waals surface area contributed by atoms with E-state index in [9.17, 15) is 18.0 Å². The average molecular weight is 443 g/mol. The van der Waals surface area contributed by atoms with Crippen LogP contribution in [-0.2, 0) is 20.4 Å². The van der Waals surface area contributed by atoms with Gasteiger partial charge in [0.15, 0.2) is 9.84 Å². The fourth-order valence-corrected chi connectivity index (χ4v) is 5.25. The lowest BCUT2D eigenvalue weighted by Gasteiger charge is -2.35. The van der Waals surface area contributed by atoms with E-state index in [1.165, 1.54) is 0 Å². The summed E-state index contributed by atoms with van der Waals surface area (Å²) >= 11 is 0. The Morgan fingerprint density at radius 2 is 1.84 bits per heavy atom. The number of nitrogens with zero attached hydrogens (tertiary/aromatic N) is 1. The Hall–Kier alpha value is -2.67. The molecule has 1 atom stereocenters. The topological polar surface area (TPSA) is 83.6 Å². The maximum Gasteiger partial charge on any atom is 0.254 e. The lowest BCUT2D eigenvalue weighted by atomic mass is 9.98. The summed E-state index contributed by atoms with van der Waals surface area (Å²) in [5.41, 5.74) is 2.62. The van der Waals surface area contributed by atoms with Crippen molar-refractivity contribution in [3.63, 3.8) is 0 Å². The molecular formula is C24H30N2O4S. The standard InChI is InChI=1S/C24H30N2O4S/c1-3-22-9-4-5-14-26(22)24(28)20-8-6-7-19(15-20)16-31(29,30)17-23(27)25-21-12-10-18(2)11-13-21/h6-8,10-13,15,22H,3-5,9,14,16-17H2,1-2H3,(H,25,27). The van der Waals surface area contributed by atoms with Gasteiger partial charge in [-0.05, 0) is 62.4 Å². The number of hydrogen-bond acceptors (Lipinski definition) is 4. The second-order valence-corrected chi connectivity index (χ2v) is 10.3. The molecule has 0 bridgehead atoms. The largest absolute Gasteiger partial charge is 0.336 e. The molecule has 0 aromatic heterocycles. The molecule has 0 aliphatic carbocycles. The van der Waals surface area contributed by atoms with Gasteiger partial charge in [0.1, 0.15) is 5.75 Å². The molecule has 1 unspecified atom stereocenters. The molecule has 1 aliphatic rings. The van der Waals surface area contributed by atoms with Crippen LogP contribution in [0.25, 0.3) is 0 Å². The zero-order valence-electron chi connectivity index (χ0n) is 18.1. The van der Waals surface area contributed by atoms with Crippen molar-refractivity contribution in [2.75, 3.05) is 17.6 Å². The minimum Gasteiger partial charge on any atom is -0.336 e. The molecule has 2 aromatic carbocycles. The van der Waals surface area contributed by atoms with E-state index in [0.29, 0.717) is 16.8 Å². The lowest BCUT2D eigenvalue weighted by Crippen LogP contribution is -2.43. The number of hydrogen-bond donors (Lipinski definition) is 1. The summed E-state index contributed by atoms with van der Waals surface area (Å²) in [5, 5.41) is 2.62. The zero-order valence-corrected chi connectivity index (χ0v) is 19.0. The number of carbonyl (C=O) groups excluding carboxylic acids is 2. The second-order valence-electron chi connectivity index (χ2n) is 8.20. The van der Waals surface area contributed by atoms with Crippen LogP contribution in [0.3, 0.4) is 0 Å². The minimum atomic E-state index is -3.68. The van der Waals surface area contributed by atoms with E-state index in [0.717, 1.165) is 37.8 Å². The Morgan fingerprint density at radius 1 is 1.10 bits per heavy atom. The first-order chi connectivity index (χ1) is 14.8. The molecule has 1 fully saturated rings. The molecule has 1 saturated heterocycles. The predicted octanol–water partition coefficient (Wildman–Crippen LogP) is 3.95. The third-order valence-corrected chi connectivity index (χ3v) is 7.08. The van der Waals surface area contributed by atoms with Gasteiger partial charge in [-0.3, -0.25) is 9.59 Å². The van der Waals surface area contributed by atoms with Crippen molar-refractivity contribution >= 4 is 27.3 Å². The number of benzene rings is 2. The quantitative estimate of drug-likeness (QED) is 0.704. The highest BCUT2D eigenvalue weighted by atomic mass is 32.2. The first kappa shape index (κ1) is 23.0. The van der Waals surface area contributed by atoms with Gasteiger partial charge >= 0.3 is 0 Å². The summed E-state index contributed by atoms with van der Waals surface area (Å²) in [7, 11) is -3.68. The van der Waals surface area contributed by atoms with Gasteiger partial charge in [0.05, 0.1) is 5.75 Å². The number of carbonyl (C=O) groups is 2. The van der Waals surface area contributed by atoms with Gasteiger partial charge in [-0.2, -0.15) is 0 Å². The van der Waals surface area contributed by atoms with Crippen molar-refractivity contribution in [2.45, 2.75) is 51.3 Å². The number of piperidine rings is 1. The summed E-state index contributed by atoms with van der Waals surface area (Å²) < 4.78 is 25.2. The highest BCUT2D eigenvalue weighted by Crippen LogP contribution is 2.22. The molecule has 2 amide bonds. The molecule has 166 valence electrons. The maximum atomic E-state index is 13.0. The molecule has 1 heterocycles. The van der Waals surface area contributed by atoms with Gasteiger partial charge in [0, 0.05) is 23.8 Å². The Morgan fingerprint density at radius 3 is 2.55 bits per heavy atom. The molecule has 0 radical (unpaired) electrons.